The van der Waals surface area contributed by atoms with Crippen LogP contribution in [0.1, 0.15) is 0 Å². The van der Waals surface area contributed by atoms with Crippen molar-refractivity contribution >= 4 is 32.7 Å². The second kappa shape index (κ2) is 10.7. The van der Waals surface area contributed by atoms with Crippen LogP contribution in [0.5, 0.6) is 0 Å². The molecule has 3 aromatic heterocycles. The van der Waals surface area contributed by atoms with Gasteiger partial charge in [0.15, 0.2) is 0 Å². The van der Waals surface area contributed by atoms with Gasteiger partial charge in [-0.05, 0) is 72.8 Å². The molecule has 0 fully saturated rings. The summed E-state index contributed by atoms with van der Waals surface area (Å²) in [6.07, 6.45) is 2.17. The predicted molar refractivity (Wildman–Crippen MR) is 186 cm³/mol. The smallest absolute Gasteiger partial charge is 0.308 e. The Balaban J connectivity index is 1.25. The van der Waals surface area contributed by atoms with Crippen molar-refractivity contribution in [3.05, 3.63) is 164 Å². The third-order valence-corrected chi connectivity index (χ3v) is 8.65. The number of H-pyrrole nitrogens is 1. The summed E-state index contributed by atoms with van der Waals surface area (Å²) in [4.78, 5) is 13.5. The Kier molecular flexibility index (Phi) is 6.06. The van der Waals surface area contributed by atoms with Crippen LogP contribution in [-0.2, 0) is 0 Å². The lowest BCUT2D eigenvalue weighted by atomic mass is 10.1. The van der Waals surface area contributed by atoms with E-state index in [1.807, 2.05) is 48.5 Å². The maximum absolute atomic E-state index is 5.03. The molecule has 1 N–H and O–H groups in total. The van der Waals surface area contributed by atoms with Gasteiger partial charge in [-0.1, -0.05) is 94.9 Å². The SMILES string of the molecule is c1ccc(-c2nc(-c3ccccc3)[nH+]c(-c3cccc(-n4ccc5ccc6c(c7ccccc7n6-c6ccccc6)c54)c3)n2)cc1. The van der Waals surface area contributed by atoms with Gasteiger partial charge in [0.25, 0.3) is 11.6 Å². The van der Waals surface area contributed by atoms with Crippen molar-refractivity contribution in [3.63, 3.8) is 0 Å². The highest BCUT2D eigenvalue weighted by atomic mass is 15.0. The molecule has 0 saturated carbocycles. The maximum Gasteiger partial charge on any atom is 0.308 e. The van der Waals surface area contributed by atoms with Crippen LogP contribution in [0.2, 0.25) is 0 Å². The van der Waals surface area contributed by atoms with Gasteiger partial charge in [-0.25, -0.2) is 4.98 Å². The first kappa shape index (κ1) is 26.1. The second-order valence-electron chi connectivity index (χ2n) is 11.4. The zero-order valence-electron chi connectivity index (χ0n) is 24.9. The highest BCUT2D eigenvalue weighted by Crippen LogP contribution is 2.38. The summed E-state index contributed by atoms with van der Waals surface area (Å²) < 4.78 is 4.67. The molecule has 0 aliphatic rings. The first-order chi connectivity index (χ1) is 22.8. The van der Waals surface area contributed by atoms with Crippen LogP contribution >= 0.6 is 0 Å². The van der Waals surface area contributed by atoms with E-state index in [0.717, 1.165) is 39.7 Å². The number of hydrogen-bond donors (Lipinski definition) is 0. The summed E-state index contributed by atoms with van der Waals surface area (Å²) in [5.74, 6) is 2.22. The first-order valence-corrected chi connectivity index (χ1v) is 15.4. The number of nitrogens with one attached hydrogen (secondary N) is 1. The summed E-state index contributed by atoms with van der Waals surface area (Å²) in [6, 6.07) is 54.9. The standard InChI is InChI=1S/C41H27N5/c1-4-13-29(14-5-1)39-42-40(30-15-6-2-7-16-30)44-41(43-39)31-17-12-20-33(27-31)45-26-25-28-23-24-36-37(38(28)45)34-21-10-11-22-35(34)46(36)32-18-8-3-9-19-32/h1-27H/p+1. The topological polar surface area (TPSA) is 49.8 Å². The fourth-order valence-electron chi connectivity index (χ4n) is 6.55. The van der Waals surface area contributed by atoms with Gasteiger partial charge in [0.1, 0.15) is 0 Å². The van der Waals surface area contributed by atoms with Crippen LogP contribution < -0.4 is 4.98 Å². The zero-order chi connectivity index (χ0) is 30.5. The molecule has 9 rings (SSSR count). The minimum atomic E-state index is 0.681. The molecule has 5 nitrogen and oxygen atoms in total. The summed E-state index contributed by atoms with van der Waals surface area (Å²) in [6.45, 7) is 0. The van der Waals surface area contributed by atoms with Crippen molar-refractivity contribution in [2.45, 2.75) is 0 Å². The van der Waals surface area contributed by atoms with E-state index < -0.39 is 0 Å². The van der Waals surface area contributed by atoms with Crippen molar-refractivity contribution in [2.75, 3.05) is 0 Å². The van der Waals surface area contributed by atoms with Gasteiger partial charge in [0.05, 0.1) is 33.2 Å². The third kappa shape index (κ3) is 4.29. The van der Waals surface area contributed by atoms with Crippen molar-refractivity contribution in [2.24, 2.45) is 0 Å². The van der Waals surface area contributed by atoms with E-state index in [1.54, 1.807) is 0 Å². The Morgan fingerprint density at radius 3 is 1.89 bits per heavy atom. The predicted octanol–water partition coefficient (Wildman–Crippen LogP) is 9.33. The Morgan fingerprint density at radius 2 is 1.11 bits per heavy atom. The summed E-state index contributed by atoms with van der Waals surface area (Å²) in [7, 11) is 0. The lowest BCUT2D eigenvalue weighted by Crippen LogP contribution is -2.17. The van der Waals surface area contributed by atoms with Crippen molar-refractivity contribution in [3.8, 4) is 45.5 Å². The minimum Gasteiger partial charge on any atom is -0.316 e. The average Bonchev–Trinajstić information content (AvgIpc) is 3.72. The molecule has 5 heteroatoms. The number of aromatic nitrogens is 5. The summed E-state index contributed by atoms with van der Waals surface area (Å²) >= 11 is 0. The highest BCUT2D eigenvalue weighted by Gasteiger charge is 2.21. The zero-order valence-corrected chi connectivity index (χ0v) is 24.9. The molecular weight excluding hydrogens is 562 g/mol. The molecule has 0 amide bonds. The van der Waals surface area contributed by atoms with Crippen molar-refractivity contribution in [1.82, 2.24) is 19.1 Å². The molecule has 46 heavy (non-hydrogen) atoms. The fourth-order valence-corrected chi connectivity index (χ4v) is 6.55. The molecule has 0 radical (unpaired) electrons. The largest absolute Gasteiger partial charge is 0.316 e. The van der Waals surface area contributed by atoms with E-state index in [0.29, 0.717) is 5.82 Å². The maximum atomic E-state index is 5.03. The monoisotopic (exact) mass is 590 g/mol. The van der Waals surface area contributed by atoms with Gasteiger partial charge in [0, 0.05) is 33.7 Å². The Labute approximate surface area is 265 Å². The molecule has 0 aliphatic heterocycles. The van der Waals surface area contributed by atoms with E-state index in [-0.39, 0.29) is 0 Å². The Bertz CT molecular complexity index is 2460. The van der Waals surface area contributed by atoms with Crippen LogP contribution in [-0.4, -0.2) is 19.1 Å². The Morgan fingerprint density at radius 1 is 0.478 bits per heavy atom. The molecule has 0 aliphatic carbocycles. The van der Waals surface area contributed by atoms with Gasteiger partial charge in [-0.15, -0.1) is 0 Å². The molecule has 0 bridgehead atoms. The molecule has 216 valence electrons. The highest BCUT2D eigenvalue weighted by molar-refractivity contribution is 6.20. The fraction of sp³-hybridized carbons (Fsp3) is 0. The van der Waals surface area contributed by atoms with E-state index in [9.17, 15) is 0 Å². The summed E-state index contributed by atoms with van der Waals surface area (Å²) in [5.41, 5.74) is 8.72. The molecule has 9 aromatic rings. The first-order valence-electron chi connectivity index (χ1n) is 15.4. The van der Waals surface area contributed by atoms with Crippen molar-refractivity contribution in [1.29, 1.82) is 0 Å². The number of nitrogens with zero attached hydrogens (tertiary/aromatic N) is 4. The number of para-hydroxylation sites is 2. The van der Waals surface area contributed by atoms with Crippen LogP contribution in [0.4, 0.5) is 0 Å². The third-order valence-electron chi connectivity index (χ3n) is 8.65. The van der Waals surface area contributed by atoms with E-state index in [4.69, 9.17) is 9.97 Å². The number of rotatable bonds is 5. The van der Waals surface area contributed by atoms with Gasteiger partial charge >= 0.3 is 5.82 Å². The normalized spacial score (nSPS) is 11.5. The quantitative estimate of drug-likeness (QED) is 0.201. The molecule has 6 aromatic carbocycles. The summed E-state index contributed by atoms with van der Waals surface area (Å²) in [5, 5.41) is 3.66. The molecular formula is C41H28N5+. The lowest BCUT2D eigenvalue weighted by molar-refractivity contribution is -0.359. The van der Waals surface area contributed by atoms with E-state index in [1.165, 1.54) is 32.7 Å². The molecule has 0 atom stereocenters. The van der Waals surface area contributed by atoms with Gasteiger partial charge < -0.3 is 9.13 Å². The van der Waals surface area contributed by atoms with Crippen molar-refractivity contribution < 1.29 is 4.98 Å². The van der Waals surface area contributed by atoms with Crippen LogP contribution in [0.15, 0.2) is 164 Å². The van der Waals surface area contributed by atoms with Gasteiger partial charge in [-0.2, -0.15) is 0 Å². The minimum absolute atomic E-state index is 0.681. The number of benzene rings is 6. The van der Waals surface area contributed by atoms with E-state index in [2.05, 4.69) is 130 Å². The average molecular weight is 591 g/mol. The second-order valence-corrected chi connectivity index (χ2v) is 11.4. The number of hydrogen-bond acceptors (Lipinski definition) is 2. The van der Waals surface area contributed by atoms with Gasteiger partial charge in [0.2, 0.25) is 0 Å². The molecule has 0 spiro atoms. The Hall–Kier alpha value is -6.33. The van der Waals surface area contributed by atoms with E-state index >= 15 is 0 Å². The molecule has 0 unspecified atom stereocenters. The van der Waals surface area contributed by atoms with Crippen LogP contribution in [0, 0.1) is 0 Å². The number of aromatic amines is 1. The van der Waals surface area contributed by atoms with Crippen LogP contribution in [0.25, 0.3) is 78.2 Å². The molecule has 0 saturated heterocycles. The lowest BCUT2D eigenvalue weighted by Gasteiger charge is -2.10. The van der Waals surface area contributed by atoms with Gasteiger partial charge in [-0.3, -0.25) is 0 Å². The number of fused-ring (bicyclic) bond motifs is 5. The van der Waals surface area contributed by atoms with Crippen LogP contribution in [0.3, 0.4) is 0 Å². The molecule has 3 heterocycles.